The van der Waals surface area contributed by atoms with E-state index >= 15 is 0 Å². The summed E-state index contributed by atoms with van der Waals surface area (Å²) in [6, 6.07) is 42.6. The molecule has 57 heavy (non-hydrogen) atoms. The SMILES string of the molecule is O=C(CCNC(=O)OCC1c2ccccc2-c2ccccc21)OC(c1ccccc1)(c1ccc(C2CCCCCCCCCCCCC2)cc1)c1ccccc1Cl. The summed E-state index contributed by atoms with van der Waals surface area (Å²) in [5.74, 6) is -0.0149. The zero-order valence-corrected chi connectivity index (χ0v) is 33.9. The highest BCUT2D eigenvalue weighted by Gasteiger charge is 2.42. The Morgan fingerprint density at radius 2 is 1.11 bits per heavy atom. The number of hydrogen-bond acceptors (Lipinski definition) is 4. The minimum absolute atomic E-state index is 0.0499. The van der Waals surface area contributed by atoms with Crippen LogP contribution in [-0.2, 0) is 19.9 Å². The Bertz CT molecular complexity index is 2000. The van der Waals surface area contributed by atoms with Gasteiger partial charge in [-0.2, -0.15) is 0 Å². The van der Waals surface area contributed by atoms with Crippen LogP contribution < -0.4 is 5.32 Å². The van der Waals surface area contributed by atoms with Crippen LogP contribution >= 0.6 is 11.6 Å². The van der Waals surface area contributed by atoms with E-state index in [0.717, 1.165) is 22.3 Å². The number of carbonyl (C=O) groups excluding carboxylic acids is 2. The Balaban J connectivity index is 1.07. The number of alkyl carbamates (subject to hydrolysis) is 1. The Kier molecular flexibility index (Phi) is 14.2. The van der Waals surface area contributed by atoms with Crippen LogP contribution in [-0.4, -0.2) is 25.2 Å². The number of carbonyl (C=O) groups is 2. The summed E-state index contributed by atoms with van der Waals surface area (Å²) in [6.07, 6.45) is 16.4. The van der Waals surface area contributed by atoms with E-state index in [9.17, 15) is 9.59 Å². The molecule has 2 aliphatic rings. The van der Waals surface area contributed by atoms with E-state index in [2.05, 4.69) is 53.8 Å². The molecule has 1 atom stereocenters. The molecule has 296 valence electrons. The maximum atomic E-state index is 14.0. The van der Waals surface area contributed by atoms with Crippen molar-refractivity contribution in [2.75, 3.05) is 13.2 Å². The van der Waals surface area contributed by atoms with Gasteiger partial charge in [-0.15, -0.1) is 0 Å². The third-order valence-corrected chi connectivity index (χ3v) is 12.4. The molecule has 2 aliphatic carbocycles. The average Bonchev–Trinajstić information content (AvgIpc) is 3.57. The van der Waals surface area contributed by atoms with Crippen molar-refractivity contribution in [2.45, 2.75) is 107 Å². The maximum Gasteiger partial charge on any atom is 0.407 e. The van der Waals surface area contributed by atoms with Crippen molar-refractivity contribution in [3.8, 4) is 11.1 Å². The molecule has 0 heterocycles. The summed E-state index contributed by atoms with van der Waals surface area (Å²) in [7, 11) is 0. The largest absolute Gasteiger partial charge is 0.449 e. The van der Waals surface area contributed by atoms with E-state index in [4.69, 9.17) is 21.1 Å². The molecule has 0 radical (unpaired) electrons. The first-order chi connectivity index (χ1) is 28.0. The van der Waals surface area contributed by atoms with Gasteiger partial charge >= 0.3 is 12.1 Å². The Morgan fingerprint density at radius 3 is 1.70 bits per heavy atom. The highest BCUT2D eigenvalue weighted by Crippen LogP contribution is 2.46. The molecule has 0 bridgehead atoms. The van der Waals surface area contributed by atoms with Crippen LogP contribution in [0.3, 0.4) is 0 Å². The number of esters is 1. The van der Waals surface area contributed by atoms with Gasteiger partial charge in [-0.25, -0.2) is 4.79 Å². The van der Waals surface area contributed by atoms with Crippen LogP contribution in [0.1, 0.15) is 135 Å². The minimum atomic E-state index is -1.32. The van der Waals surface area contributed by atoms with Gasteiger partial charge in [0.2, 0.25) is 0 Å². The van der Waals surface area contributed by atoms with E-state index in [-0.39, 0.29) is 25.5 Å². The molecular weight excluding hydrogens is 726 g/mol. The summed E-state index contributed by atoms with van der Waals surface area (Å²) in [5.41, 5.74) is 6.95. The molecule has 6 heteroatoms. The molecule has 1 amide bonds. The van der Waals surface area contributed by atoms with E-state index in [1.165, 1.54) is 100 Å². The summed E-state index contributed by atoms with van der Waals surface area (Å²) in [5, 5.41) is 3.29. The molecule has 1 saturated carbocycles. The van der Waals surface area contributed by atoms with Gasteiger partial charge in [0.05, 0.1) is 6.42 Å². The monoisotopic (exact) mass is 781 g/mol. The summed E-state index contributed by atoms with van der Waals surface area (Å²) >= 11 is 6.99. The van der Waals surface area contributed by atoms with Gasteiger partial charge in [-0.3, -0.25) is 4.79 Å². The van der Waals surface area contributed by atoms with Gasteiger partial charge in [0, 0.05) is 34.2 Å². The first-order valence-electron chi connectivity index (χ1n) is 21.3. The standard InChI is InChI=1S/C51H56ClNO4/c52-48-30-20-19-29-47(48)51(40-23-13-10-14-24-40,41-33-31-39(32-34-41)38-21-11-8-6-4-2-1-3-5-7-9-12-22-38)57-49(54)35-36-53-50(55)56-37-46-44-27-17-15-25-42(44)43-26-16-18-28-45(43)46/h10,13-20,23-34,38,46H,1-9,11-12,21-22,35-37H2,(H,53,55). The van der Waals surface area contributed by atoms with Crippen LogP contribution in [0.2, 0.25) is 5.02 Å². The van der Waals surface area contributed by atoms with Gasteiger partial charge < -0.3 is 14.8 Å². The fourth-order valence-corrected chi connectivity index (χ4v) is 9.32. The topological polar surface area (TPSA) is 64.6 Å². The second kappa shape index (κ2) is 20.0. The second-order valence-electron chi connectivity index (χ2n) is 15.8. The Morgan fingerprint density at radius 1 is 0.596 bits per heavy atom. The van der Waals surface area contributed by atoms with Crippen LogP contribution in [0.5, 0.6) is 0 Å². The first kappa shape index (κ1) is 40.3. The average molecular weight is 782 g/mol. The fraction of sp³-hybridized carbons (Fsp3) is 0.373. The number of amides is 1. The molecule has 1 fully saturated rings. The number of rotatable bonds is 10. The normalized spacial score (nSPS) is 16.6. The molecule has 0 saturated heterocycles. The molecular formula is C51H56ClNO4. The molecule has 5 aromatic rings. The molecule has 5 aromatic carbocycles. The van der Waals surface area contributed by atoms with Crippen molar-refractivity contribution in [1.29, 1.82) is 0 Å². The van der Waals surface area contributed by atoms with Gasteiger partial charge in [-0.1, -0.05) is 204 Å². The quantitative estimate of drug-likeness (QED) is 0.113. The number of benzene rings is 5. The lowest BCUT2D eigenvalue weighted by Gasteiger charge is -2.36. The molecule has 0 aliphatic heterocycles. The van der Waals surface area contributed by atoms with Crippen LogP contribution in [0.4, 0.5) is 4.79 Å². The van der Waals surface area contributed by atoms with Crippen molar-refractivity contribution in [1.82, 2.24) is 5.32 Å². The highest BCUT2D eigenvalue weighted by molar-refractivity contribution is 6.31. The Labute approximate surface area is 344 Å². The van der Waals surface area contributed by atoms with Gasteiger partial charge in [0.15, 0.2) is 5.60 Å². The Hall–Kier alpha value is -4.87. The van der Waals surface area contributed by atoms with Crippen molar-refractivity contribution in [3.63, 3.8) is 0 Å². The number of fused-ring (bicyclic) bond motifs is 3. The van der Waals surface area contributed by atoms with Gasteiger partial charge in [0.1, 0.15) is 6.61 Å². The van der Waals surface area contributed by atoms with Crippen LogP contribution in [0.25, 0.3) is 11.1 Å². The zero-order chi connectivity index (χ0) is 39.3. The minimum Gasteiger partial charge on any atom is -0.449 e. The predicted molar refractivity (Wildman–Crippen MR) is 231 cm³/mol. The third-order valence-electron chi connectivity index (χ3n) is 12.0. The fourth-order valence-electron chi connectivity index (χ4n) is 9.05. The second-order valence-corrected chi connectivity index (χ2v) is 16.2. The van der Waals surface area contributed by atoms with Crippen molar-refractivity contribution >= 4 is 23.7 Å². The van der Waals surface area contributed by atoms with Crippen molar-refractivity contribution in [3.05, 3.63) is 166 Å². The molecule has 7 rings (SSSR count). The first-order valence-corrected chi connectivity index (χ1v) is 21.6. The summed E-state index contributed by atoms with van der Waals surface area (Å²) < 4.78 is 12.4. The number of halogens is 1. The molecule has 1 N–H and O–H groups in total. The summed E-state index contributed by atoms with van der Waals surface area (Å²) in [4.78, 5) is 27.0. The lowest BCUT2D eigenvalue weighted by molar-refractivity contribution is -0.153. The lowest BCUT2D eigenvalue weighted by Crippen LogP contribution is -2.37. The van der Waals surface area contributed by atoms with Crippen LogP contribution in [0, 0.1) is 0 Å². The molecule has 5 nitrogen and oxygen atoms in total. The van der Waals surface area contributed by atoms with E-state index < -0.39 is 17.7 Å². The number of ether oxygens (including phenoxy) is 2. The van der Waals surface area contributed by atoms with Crippen molar-refractivity contribution < 1.29 is 19.1 Å². The van der Waals surface area contributed by atoms with Crippen molar-refractivity contribution in [2.24, 2.45) is 0 Å². The molecule has 0 aromatic heterocycles. The van der Waals surface area contributed by atoms with Crippen LogP contribution in [0.15, 0.2) is 127 Å². The van der Waals surface area contributed by atoms with Gasteiger partial charge in [0.25, 0.3) is 0 Å². The van der Waals surface area contributed by atoms with E-state index in [1.54, 1.807) is 0 Å². The molecule has 1 unspecified atom stereocenters. The van der Waals surface area contributed by atoms with E-state index in [1.807, 2.05) is 78.9 Å². The third kappa shape index (κ3) is 9.82. The number of nitrogens with one attached hydrogen (secondary N) is 1. The highest BCUT2D eigenvalue weighted by atomic mass is 35.5. The maximum absolute atomic E-state index is 14.0. The van der Waals surface area contributed by atoms with Gasteiger partial charge in [-0.05, 0) is 52.6 Å². The predicted octanol–water partition coefficient (Wildman–Crippen LogP) is 13.3. The lowest BCUT2D eigenvalue weighted by atomic mass is 9.78. The summed E-state index contributed by atoms with van der Waals surface area (Å²) in [6.45, 7) is 0.258. The van der Waals surface area contributed by atoms with E-state index in [0.29, 0.717) is 16.5 Å². The smallest absolute Gasteiger partial charge is 0.407 e. The number of hydrogen-bond donors (Lipinski definition) is 1. The zero-order valence-electron chi connectivity index (χ0n) is 33.1. The molecule has 0 spiro atoms.